The van der Waals surface area contributed by atoms with Gasteiger partial charge in [0.05, 0.1) is 24.4 Å². The van der Waals surface area contributed by atoms with Crippen LogP contribution in [0.3, 0.4) is 0 Å². The number of carbonyl (C=O) groups is 1. The molecule has 1 fully saturated rings. The number of nitrogens with one attached hydrogen (secondary N) is 1. The lowest BCUT2D eigenvalue weighted by Gasteiger charge is -2.34. The maximum Gasteiger partial charge on any atom is 0.234 e. The number of aromatic nitrogens is 2. The summed E-state index contributed by atoms with van der Waals surface area (Å²) in [6, 6.07) is 0. The molecule has 0 saturated carbocycles. The molecule has 3 N–H and O–H groups in total. The number of amides is 1. The van der Waals surface area contributed by atoms with Crippen molar-refractivity contribution in [3.8, 4) is 5.88 Å². The number of primary amides is 1. The van der Waals surface area contributed by atoms with Crippen LogP contribution in [-0.2, 0) is 9.53 Å². The zero-order valence-corrected chi connectivity index (χ0v) is 11.6. The zero-order valence-electron chi connectivity index (χ0n) is 11.6. The van der Waals surface area contributed by atoms with Gasteiger partial charge in [0, 0.05) is 19.8 Å². The van der Waals surface area contributed by atoms with E-state index in [1.807, 2.05) is 6.92 Å². The second kappa shape index (κ2) is 6.51. The number of rotatable bonds is 6. The van der Waals surface area contributed by atoms with Gasteiger partial charge in [-0.2, -0.15) is 4.98 Å². The summed E-state index contributed by atoms with van der Waals surface area (Å²) >= 11 is 0. The lowest BCUT2D eigenvalue weighted by Crippen LogP contribution is -2.46. The van der Waals surface area contributed by atoms with Crippen LogP contribution in [0.15, 0.2) is 12.4 Å². The van der Waals surface area contributed by atoms with E-state index < -0.39 is 5.41 Å². The summed E-state index contributed by atoms with van der Waals surface area (Å²) in [5.74, 6) is 0.725. The second-order valence-electron chi connectivity index (χ2n) is 4.79. The lowest BCUT2D eigenvalue weighted by molar-refractivity contribution is -0.132. The summed E-state index contributed by atoms with van der Waals surface area (Å²) in [5, 5.41) is 3.13. The third-order valence-electron chi connectivity index (χ3n) is 3.49. The molecule has 1 aromatic rings. The van der Waals surface area contributed by atoms with Gasteiger partial charge in [0.25, 0.3) is 0 Å². The van der Waals surface area contributed by atoms with Crippen LogP contribution in [0.5, 0.6) is 5.88 Å². The molecule has 7 heteroatoms. The molecule has 0 aromatic carbocycles. The molecule has 1 aromatic heterocycles. The standard InChI is InChI=1S/C13H20N4O3/c1-2-20-11-8-15-7-10(17-11)16-9-13(12(14)18)3-5-19-6-4-13/h7-8H,2-6,9H2,1H3,(H2,14,18)(H,16,17). The maximum atomic E-state index is 11.7. The van der Waals surface area contributed by atoms with Crippen LogP contribution >= 0.6 is 0 Å². The van der Waals surface area contributed by atoms with Crippen LogP contribution in [-0.4, -0.2) is 42.2 Å². The Bertz CT molecular complexity index is 461. The third kappa shape index (κ3) is 3.36. The van der Waals surface area contributed by atoms with Gasteiger partial charge in [-0.25, -0.2) is 0 Å². The Kier molecular flexibility index (Phi) is 4.73. The number of nitrogens with two attached hydrogens (primary N) is 1. The molecule has 2 heterocycles. The van der Waals surface area contributed by atoms with Crippen LogP contribution in [0.4, 0.5) is 5.82 Å². The highest BCUT2D eigenvalue weighted by Gasteiger charge is 2.38. The van der Waals surface area contributed by atoms with Gasteiger partial charge >= 0.3 is 0 Å². The fourth-order valence-electron chi connectivity index (χ4n) is 2.18. The largest absolute Gasteiger partial charge is 0.477 e. The highest BCUT2D eigenvalue weighted by molar-refractivity contribution is 5.81. The summed E-state index contributed by atoms with van der Waals surface area (Å²) in [4.78, 5) is 20.0. The van der Waals surface area contributed by atoms with E-state index in [9.17, 15) is 4.79 Å². The second-order valence-corrected chi connectivity index (χ2v) is 4.79. The first-order chi connectivity index (χ1) is 9.66. The van der Waals surface area contributed by atoms with E-state index in [2.05, 4.69) is 15.3 Å². The van der Waals surface area contributed by atoms with Gasteiger partial charge in [0.1, 0.15) is 5.82 Å². The number of hydrogen-bond donors (Lipinski definition) is 2. The van der Waals surface area contributed by atoms with Crippen molar-refractivity contribution in [1.29, 1.82) is 0 Å². The first-order valence-electron chi connectivity index (χ1n) is 6.73. The van der Waals surface area contributed by atoms with Gasteiger partial charge in [-0.15, -0.1) is 0 Å². The minimum Gasteiger partial charge on any atom is -0.477 e. The van der Waals surface area contributed by atoms with Crippen molar-refractivity contribution in [2.24, 2.45) is 11.1 Å². The minimum absolute atomic E-state index is 0.303. The fraction of sp³-hybridized carbons (Fsp3) is 0.615. The molecule has 0 unspecified atom stereocenters. The van der Waals surface area contributed by atoms with E-state index in [0.29, 0.717) is 50.9 Å². The lowest BCUT2D eigenvalue weighted by atomic mass is 9.79. The van der Waals surface area contributed by atoms with Crippen LogP contribution in [0, 0.1) is 5.41 Å². The van der Waals surface area contributed by atoms with Crippen LogP contribution < -0.4 is 15.8 Å². The molecule has 1 amide bonds. The molecule has 0 bridgehead atoms. The maximum absolute atomic E-state index is 11.7. The predicted molar refractivity (Wildman–Crippen MR) is 73.4 cm³/mol. The average Bonchev–Trinajstić information content (AvgIpc) is 2.47. The molecule has 1 saturated heterocycles. The van der Waals surface area contributed by atoms with Gasteiger partial charge in [-0.1, -0.05) is 0 Å². The number of carbonyl (C=O) groups excluding carboxylic acids is 1. The van der Waals surface area contributed by atoms with E-state index in [4.69, 9.17) is 15.2 Å². The van der Waals surface area contributed by atoms with Gasteiger partial charge < -0.3 is 20.5 Å². The van der Waals surface area contributed by atoms with Crippen molar-refractivity contribution in [1.82, 2.24) is 9.97 Å². The van der Waals surface area contributed by atoms with Crippen molar-refractivity contribution in [2.45, 2.75) is 19.8 Å². The summed E-state index contributed by atoms with van der Waals surface area (Å²) in [7, 11) is 0. The summed E-state index contributed by atoms with van der Waals surface area (Å²) in [6.07, 6.45) is 4.38. The van der Waals surface area contributed by atoms with Crippen molar-refractivity contribution < 1.29 is 14.3 Å². The molecule has 110 valence electrons. The quantitative estimate of drug-likeness (QED) is 0.790. The Morgan fingerprint density at radius 3 is 2.90 bits per heavy atom. The molecule has 1 aliphatic rings. The Balaban J connectivity index is 2.02. The molecule has 1 aliphatic heterocycles. The Morgan fingerprint density at radius 1 is 1.50 bits per heavy atom. The van der Waals surface area contributed by atoms with Crippen molar-refractivity contribution in [2.75, 3.05) is 31.7 Å². The summed E-state index contributed by atoms with van der Waals surface area (Å²) < 4.78 is 10.6. The molecule has 0 aliphatic carbocycles. The predicted octanol–water partition coefficient (Wildman–Crippen LogP) is 0.569. The highest BCUT2D eigenvalue weighted by Crippen LogP contribution is 2.30. The first-order valence-corrected chi connectivity index (χ1v) is 6.73. The molecule has 20 heavy (non-hydrogen) atoms. The third-order valence-corrected chi connectivity index (χ3v) is 3.49. The number of anilines is 1. The molecule has 7 nitrogen and oxygen atoms in total. The molecular formula is C13H20N4O3. The topological polar surface area (TPSA) is 99.4 Å². The number of nitrogens with zero attached hydrogens (tertiary/aromatic N) is 2. The molecule has 0 atom stereocenters. The van der Waals surface area contributed by atoms with Crippen LogP contribution in [0.2, 0.25) is 0 Å². The summed E-state index contributed by atoms with van der Waals surface area (Å²) in [6.45, 7) is 3.94. The van der Waals surface area contributed by atoms with Crippen molar-refractivity contribution in [3.05, 3.63) is 12.4 Å². The molecule has 0 radical (unpaired) electrons. The Morgan fingerprint density at radius 2 is 2.25 bits per heavy atom. The van der Waals surface area contributed by atoms with E-state index in [1.165, 1.54) is 0 Å². The highest BCUT2D eigenvalue weighted by atomic mass is 16.5. The smallest absolute Gasteiger partial charge is 0.234 e. The normalized spacial score (nSPS) is 17.4. The number of hydrogen-bond acceptors (Lipinski definition) is 6. The molecule has 0 spiro atoms. The van der Waals surface area contributed by atoms with Crippen LogP contribution in [0.1, 0.15) is 19.8 Å². The minimum atomic E-state index is -0.582. The van der Waals surface area contributed by atoms with Gasteiger partial charge in [-0.3, -0.25) is 9.78 Å². The van der Waals surface area contributed by atoms with Gasteiger partial charge in [0.15, 0.2) is 0 Å². The Hall–Kier alpha value is -1.89. The Labute approximate surface area is 117 Å². The van der Waals surface area contributed by atoms with E-state index in [0.717, 1.165) is 0 Å². The average molecular weight is 280 g/mol. The first kappa shape index (κ1) is 14.5. The van der Waals surface area contributed by atoms with Crippen LogP contribution in [0.25, 0.3) is 0 Å². The van der Waals surface area contributed by atoms with E-state index in [1.54, 1.807) is 12.4 Å². The van der Waals surface area contributed by atoms with Crippen molar-refractivity contribution in [3.63, 3.8) is 0 Å². The fourth-order valence-corrected chi connectivity index (χ4v) is 2.18. The summed E-state index contributed by atoms with van der Waals surface area (Å²) in [5.41, 5.74) is 4.97. The monoisotopic (exact) mass is 280 g/mol. The molecule has 2 rings (SSSR count). The van der Waals surface area contributed by atoms with Crippen molar-refractivity contribution >= 4 is 11.7 Å². The SMILES string of the molecule is CCOc1cncc(NCC2(C(N)=O)CCOCC2)n1. The van der Waals surface area contributed by atoms with Gasteiger partial charge in [-0.05, 0) is 19.8 Å². The molecular weight excluding hydrogens is 260 g/mol. The van der Waals surface area contributed by atoms with Gasteiger partial charge in [0.2, 0.25) is 11.8 Å². The van der Waals surface area contributed by atoms with E-state index in [-0.39, 0.29) is 5.91 Å². The van der Waals surface area contributed by atoms with E-state index >= 15 is 0 Å². The zero-order chi connectivity index (χ0) is 14.4. The number of ether oxygens (including phenoxy) is 2.